The highest BCUT2D eigenvalue weighted by atomic mass is 32.1. The lowest BCUT2D eigenvalue weighted by Crippen LogP contribution is -2.25. The lowest BCUT2D eigenvalue weighted by molar-refractivity contribution is 0.415. The summed E-state index contributed by atoms with van der Waals surface area (Å²) in [7, 11) is 2.25. The van der Waals surface area contributed by atoms with E-state index in [4.69, 9.17) is 4.42 Å². The van der Waals surface area contributed by atoms with Crippen molar-refractivity contribution in [2.45, 2.75) is 50.5 Å². The van der Waals surface area contributed by atoms with Crippen molar-refractivity contribution in [3.8, 4) is 22.3 Å². The third kappa shape index (κ3) is 6.05. The van der Waals surface area contributed by atoms with Gasteiger partial charge in [-0.25, -0.2) is 0 Å². The second kappa shape index (κ2) is 14.8. The fourth-order valence-corrected chi connectivity index (χ4v) is 12.1. The Morgan fingerprint density at radius 3 is 2.26 bits per heavy atom. The number of fused-ring (bicyclic) bond motifs is 9. The van der Waals surface area contributed by atoms with Crippen LogP contribution in [-0.4, -0.2) is 11.9 Å². The summed E-state index contributed by atoms with van der Waals surface area (Å²) < 4.78 is 9.15. The third-order valence-electron chi connectivity index (χ3n) is 14.1. The number of rotatable bonds is 5. The minimum absolute atomic E-state index is 0.0150. The Bertz CT molecular complexity index is 3310. The monoisotopic (exact) mass is 817 g/mol. The van der Waals surface area contributed by atoms with Gasteiger partial charge in [0, 0.05) is 49.4 Å². The summed E-state index contributed by atoms with van der Waals surface area (Å²) in [5.74, 6) is 2.27. The van der Waals surface area contributed by atoms with Crippen LogP contribution in [0.2, 0.25) is 0 Å². The molecule has 2 nitrogen and oxygen atoms in total. The first-order valence-electron chi connectivity index (χ1n) is 22.1. The van der Waals surface area contributed by atoms with Gasteiger partial charge in [0.15, 0.2) is 0 Å². The summed E-state index contributed by atoms with van der Waals surface area (Å²) >= 11 is 1.91. The molecule has 3 heteroatoms. The van der Waals surface area contributed by atoms with Crippen molar-refractivity contribution in [3.63, 3.8) is 0 Å². The van der Waals surface area contributed by atoms with Gasteiger partial charge in [0.05, 0.1) is 6.04 Å². The summed E-state index contributed by atoms with van der Waals surface area (Å²) in [6.07, 6.45) is 11.3. The molecular formula is C59H47NOS. The predicted molar refractivity (Wildman–Crippen MR) is 263 cm³/mol. The largest absolute Gasteiger partial charge is 0.456 e. The van der Waals surface area contributed by atoms with E-state index in [2.05, 4.69) is 208 Å². The van der Waals surface area contributed by atoms with Crippen molar-refractivity contribution in [2.24, 2.45) is 0 Å². The third-order valence-corrected chi connectivity index (χ3v) is 15.3. The summed E-state index contributed by atoms with van der Waals surface area (Å²) in [5, 5.41) is 3.88. The standard InChI is InChI=1S/C59H47NOS/c1-36-14-12-22-54-58(36)48-28-26-43(34-55(48)61-54)52-32-44(38-15-6-4-7-16-38)33-53(60(52)3)47-21-13-23-56-59(47)49-29-25-41(35-57(49)62-56)40-24-27-45-37(2)50(39-17-8-5-9-18-39)31-42-19-10-11-20-46(42)51(45)30-40/h4-13,15-30,32-37,50,53H,14,31H2,1-3H3. The first-order chi connectivity index (χ1) is 30.5. The smallest absolute Gasteiger partial charge is 0.135 e. The SMILES string of the molecule is CC1CC=Cc2oc3cc(C4=CC(c5ccccc5)=CC(c5cccc6sc7cc(-c8ccc9c(c8)-c8ccccc8CC(c8ccccc8)C9C)ccc7c56)N4C)ccc3c21. The fourth-order valence-electron chi connectivity index (χ4n) is 10.9. The Morgan fingerprint density at radius 2 is 1.39 bits per heavy atom. The highest BCUT2D eigenvalue weighted by molar-refractivity contribution is 7.25. The molecule has 0 radical (unpaired) electrons. The number of benzene rings is 7. The Hall–Kier alpha value is -6.68. The topological polar surface area (TPSA) is 16.4 Å². The maximum absolute atomic E-state index is 6.52. The molecule has 1 aliphatic heterocycles. The van der Waals surface area contributed by atoms with Crippen molar-refractivity contribution in [1.82, 2.24) is 4.90 Å². The molecular weight excluding hydrogens is 771 g/mol. The van der Waals surface area contributed by atoms with Gasteiger partial charge in [0.25, 0.3) is 0 Å². The fraction of sp³-hybridized carbons (Fsp3) is 0.153. The molecule has 7 aromatic carbocycles. The summed E-state index contributed by atoms with van der Waals surface area (Å²) in [6, 6.07) is 59.1. The van der Waals surface area contributed by atoms with Gasteiger partial charge in [-0.05, 0) is 129 Å². The van der Waals surface area contributed by atoms with E-state index < -0.39 is 0 Å². The molecule has 4 atom stereocenters. The molecule has 3 aliphatic rings. The second-order valence-electron chi connectivity index (χ2n) is 17.7. The highest BCUT2D eigenvalue weighted by Crippen LogP contribution is 2.49. The Labute approximate surface area is 367 Å². The first kappa shape index (κ1) is 37.1. The van der Waals surface area contributed by atoms with Crippen LogP contribution in [0.3, 0.4) is 0 Å². The van der Waals surface area contributed by atoms with E-state index in [0.717, 1.165) is 29.7 Å². The van der Waals surface area contributed by atoms with E-state index in [1.54, 1.807) is 0 Å². The molecule has 0 N–H and O–H groups in total. The van der Waals surface area contributed by atoms with Crippen molar-refractivity contribution in [3.05, 3.63) is 221 Å². The summed E-state index contributed by atoms with van der Waals surface area (Å²) in [6.45, 7) is 4.72. The van der Waals surface area contributed by atoms with Gasteiger partial charge in [-0.3, -0.25) is 0 Å². The van der Waals surface area contributed by atoms with Crippen molar-refractivity contribution >= 4 is 59.8 Å². The van der Waals surface area contributed by atoms with Crippen molar-refractivity contribution < 1.29 is 4.42 Å². The highest BCUT2D eigenvalue weighted by Gasteiger charge is 2.30. The normalized spacial score (nSPS) is 19.5. The molecule has 4 unspecified atom stereocenters. The molecule has 2 aromatic heterocycles. The molecule has 3 heterocycles. The Kier molecular flexibility index (Phi) is 8.83. The lowest BCUT2D eigenvalue weighted by Gasteiger charge is -2.35. The minimum atomic E-state index is 0.0150. The van der Waals surface area contributed by atoms with Gasteiger partial charge in [0.2, 0.25) is 0 Å². The maximum Gasteiger partial charge on any atom is 0.135 e. The van der Waals surface area contributed by atoms with Crippen LogP contribution in [0.25, 0.3) is 70.7 Å². The van der Waals surface area contributed by atoms with Crippen LogP contribution in [0.4, 0.5) is 0 Å². The molecule has 0 fully saturated rings. The molecule has 0 spiro atoms. The molecule has 0 bridgehead atoms. The number of furan rings is 1. The zero-order chi connectivity index (χ0) is 41.5. The molecule has 0 saturated carbocycles. The van der Waals surface area contributed by atoms with Gasteiger partial charge >= 0.3 is 0 Å². The zero-order valence-electron chi connectivity index (χ0n) is 35.3. The number of hydrogen-bond donors (Lipinski definition) is 0. The van der Waals surface area contributed by atoms with Gasteiger partial charge in [-0.1, -0.05) is 153 Å². The first-order valence-corrected chi connectivity index (χ1v) is 23.0. The van der Waals surface area contributed by atoms with Gasteiger partial charge in [-0.2, -0.15) is 0 Å². The van der Waals surface area contributed by atoms with Crippen LogP contribution in [0.5, 0.6) is 0 Å². The Morgan fingerprint density at radius 1 is 0.629 bits per heavy atom. The molecule has 300 valence electrons. The summed E-state index contributed by atoms with van der Waals surface area (Å²) in [4.78, 5) is 2.46. The number of nitrogens with zero attached hydrogens (tertiary/aromatic N) is 1. The van der Waals surface area contributed by atoms with E-state index in [1.807, 2.05) is 11.3 Å². The minimum Gasteiger partial charge on any atom is -0.456 e. The molecule has 0 amide bonds. The number of likely N-dealkylation sites (N-methyl/N-ethyl adjacent to an activating group) is 1. The molecule has 62 heavy (non-hydrogen) atoms. The van der Waals surface area contributed by atoms with Crippen molar-refractivity contribution in [2.75, 3.05) is 7.05 Å². The molecule has 2 aliphatic carbocycles. The van der Waals surface area contributed by atoms with E-state index in [0.29, 0.717) is 17.8 Å². The second-order valence-corrected chi connectivity index (χ2v) is 18.8. The van der Waals surface area contributed by atoms with Gasteiger partial charge < -0.3 is 9.32 Å². The quantitative estimate of drug-likeness (QED) is 0.172. The van der Waals surface area contributed by atoms with Crippen LogP contribution >= 0.6 is 11.3 Å². The van der Waals surface area contributed by atoms with E-state index >= 15 is 0 Å². The van der Waals surface area contributed by atoms with E-state index in [1.165, 1.54) is 92.5 Å². The molecule has 0 saturated heterocycles. The number of hydrogen-bond acceptors (Lipinski definition) is 3. The zero-order valence-corrected chi connectivity index (χ0v) is 36.1. The van der Waals surface area contributed by atoms with Gasteiger partial charge in [0.1, 0.15) is 11.3 Å². The molecule has 9 aromatic rings. The molecule has 12 rings (SSSR count). The average Bonchev–Trinajstić information content (AvgIpc) is 3.86. The van der Waals surface area contributed by atoms with Crippen LogP contribution < -0.4 is 0 Å². The van der Waals surface area contributed by atoms with Gasteiger partial charge in [-0.15, -0.1) is 11.3 Å². The Balaban J connectivity index is 0.948. The van der Waals surface area contributed by atoms with E-state index in [9.17, 15) is 0 Å². The van der Waals surface area contributed by atoms with Crippen molar-refractivity contribution in [1.29, 1.82) is 0 Å². The van der Waals surface area contributed by atoms with Crippen LogP contribution in [0.15, 0.2) is 180 Å². The lowest BCUT2D eigenvalue weighted by atomic mass is 9.80. The number of thiophene rings is 1. The number of allylic oxidation sites excluding steroid dienone is 3. The maximum atomic E-state index is 6.52. The summed E-state index contributed by atoms with van der Waals surface area (Å²) in [5.41, 5.74) is 17.9. The average molecular weight is 818 g/mol. The van der Waals surface area contributed by atoms with Crippen LogP contribution in [-0.2, 0) is 6.42 Å². The van der Waals surface area contributed by atoms with E-state index in [-0.39, 0.29) is 6.04 Å². The van der Waals surface area contributed by atoms with Crippen LogP contribution in [0, 0.1) is 0 Å². The predicted octanol–water partition coefficient (Wildman–Crippen LogP) is 16.2. The van der Waals surface area contributed by atoms with Crippen LogP contribution in [0.1, 0.15) is 88.8 Å².